The van der Waals surface area contributed by atoms with Gasteiger partial charge in [0.15, 0.2) is 0 Å². The minimum Gasteiger partial charge on any atom is -0.323 e. The molecule has 8 heteroatoms. The van der Waals surface area contributed by atoms with Gasteiger partial charge in [0, 0.05) is 38.1 Å². The normalized spacial score (nSPS) is 19.3. The molecule has 25 heavy (non-hydrogen) atoms. The molecule has 1 amide bonds. The quantitative estimate of drug-likeness (QED) is 0.754. The fraction of sp³-hybridized carbons (Fsp3) is 0.294. The first-order valence-corrected chi connectivity index (χ1v) is 8.90. The molecule has 0 saturated carbocycles. The monoisotopic (exact) mass is 354 g/mol. The molecule has 4 rings (SSSR count). The smallest absolute Gasteiger partial charge is 0.238 e. The van der Waals surface area contributed by atoms with E-state index in [4.69, 9.17) is 0 Å². The minimum absolute atomic E-state index is 0.0451. The van der Waals surface area contributed by atoms with Gasteiger partial charge in [-0.2, -0.15) is 8.73 Å². The van der Waals surface area contributed by atoms with E-state index in [1.165, 1.54) is 0 Å². The molecular weight excluding hydrogens is 336 g/mol. The number of benzene rings is 1. The van der Waals surface area contributed by atoms with E-state index in [1.807, 2.05) is 30.5 Å². The van der Waals surface area contributed by atoms with E-state index in [1.54, 1.807) is 6.20 Å². The molecular formula is C17H18N6OS. The minimum atomic E-state index is -0.0451. The predicted octanol–water partition coefficient (Wildman–Crippen LogP) is 2.39. The van der Waals surface area contributed by atoms with Crippen molar-refractivity contribution in [3.8, 4) is 0 Å². The average Bonchev–Trinajstić information content (AvgIpc) is 3.13. The van der Waals surface area contributed by atoms with Gasteiger partial charge < -0.3 is 10.6 Å². The summed E-state index contributed by atoms with van der Waals surface area (Å²) in [6.45, 7) is 2.82. The molecule has 2 aromatic rings. The molecule has 128 valence electrons. The van der Waals surface area contributed by atoms with Crippen LogP contribution in [0, 0.1) is 0 Å². The zero-order valence-corrected chi connectivity index (χ0v) is 14.4. The second kappa shape index (κ2) is 7.22. The maximum absolute atomic E-state index is 12.6. The van der Waals surface area contributed by atoms with Crippen LogP contribution in [0.1, 0.15) is 11.6 Å². The maximum Gasteiger partial charge on any atom is 0.238 e. The van der Waals surface area contributed by atoms with Crippen molar-refractivity contribution in [2.45, 2.75) is 6.04 Å². The lowest BCUT2D eigenvalue weighted by atomic mass is 10.1. The van der Waals surface area contributed by atoms with Crippen LogP contribution in [0.3, 0.4) is 0 Å². The highest BCUT2D eigenvalue weighted by Gasteiger charge is 2.26. The molecule has 1 saturated heterocycles. The van der Waals surface area contributed by atoms with Crippen LogP contribution in [0.5, 0.6) is 0 Å². The third-order valence-electron chi connectivity index (χ3n) is 4.33. The number of hydrogen-bond acceptors (Lipinski definition) is 6. The van der Waals surface area contributed by atoms with Gasteiger partial charge in [-0.1, -0.05) is 12.1 Å². The summed E-state index contributed by atoms with van der Waals surface area (Å²) in [5.41, 5.74) is 3.38. The Balaban J connectivity index is 1.46. The van der Waals surface area contributed by atoms with Crippen molar-refractivity contribution >= 4 is 34.3 Å². The summed E-state index contributed by atoms with van der Waals surface area (Å²) < 4.78 is 8.47. The van der Waals surface area contributed by atoms with E-state index in [0.717, 1.165) is 47.9 Å². The van der Waals surface area contributed by atoms with Gasteiger partial charge in [0.2, 0.25) is 5.91 Å². The third kappa shape index (κ3) is 3.51. The summed E-state index contributed by atoms with van der Waals surface area (Å²) in [6.07, 6.45) is 3.63. The molecule has 0 bridgehead atoms. The molecule has 0 radical (unpaired) electrons. The molecule has 2 aliphatic heterocycles. The molecule has 1 aromatic carbocycles. The molecule has 1 unspecified atom stereocenters. The maximum atomic E-state index is 12.6. The lowest BCUT2D eigenvalue weighted by Crippen LogP contribution is -2.48. The number of anilines is 1. The Hall–Kier alpha value is -2.42. The van der Waals surface area contributed by atoms with Crippen molar-refractivity contribution in [1.82, 2.24) is 15.2 Å². The molecule has 1 atom stereocenters. The van der Waals surface area contributed by atoms with Crippen LogP contribution >= 0.6 is 0 Å². The average molecular weight is 354 g/mol. The Kier molecular flexibility index (Phi) is 4.64. The number of piperazine rings is 1. The second-order valence-electron chi connectivity index (χ2n) is 5.96. The van der Waals surface area contributed by atoms with Gasteiger partial charge in [0.05, 0.1) is 23.6 Å². The number of carbonyl (C=O) groups is 1. The molecule has 7 nitrogen and oxygen atoms in total. The van der Waals surface area contributed by atoms with Crippen LogP contribution in [0.25, 0.3) is 0 Å². The van der Waals surface area contributed by atoms with Crippen LogP contribution in [0.15, 0.2) is 51.5 Å². The van der Waals surface area contributed by atoms with Gasteiger partial charge in [-0.15, -0.1) is 0 Å². The molecule has 2 aliphatic rings. The predicted molar refractivity (Wildman–Crippen MR) is 98.0 cm³/mol. The lowest BCUT2D eigenvalue weighted by molar-refractivity contribution is -0.118. The van der Waals surface area contributed by atoms with Crippen molar-refractivity contribution in [3.63, 3.8) is 0 Å². The molecule has 3 heterocycles. The molecule has 1 fully saturated rings. The van der Waals surface area contributed by atoms with Gasteiger partial charge in [0.1, 0.15) is 11.4 Å². The van der Waals surface area contributed by atoms with E-state index in [-0.39, 0.29) is 11.9 Å². The summed E-state index contributed by atoms with van der Waals surface area (Å²) in [7, 11) is 0. The molecule has 2 N–H and O–H groups in total. The zero-order chi connectivity index (χ0) is 17.1. The first-order chi connectivity index (χ1) is 12.3. The highest BCUT2D eigenvalue weighted by molar-refractivity contribution is 7.58. The van der Waals surface area contributed by atoms with Gasteiger partial charge >= 0.3 is 0 Å². The van der Waals surface area contributed by atoms with Gasteiger partial charge in [-0.25, -0.2) is 0 Å². The van der Waals surface area contributed by atoms with Crippen molar-refractivity contribution in [2.75, 3.05) is 31.5 Å². The van der Waals surface area contributed by atoms with E-state index in [0.29, 0.717) is 12.2 Å². The fourth-order valence-corrected chi connectivity index (χ4v) is 3.67. The number of nitrogens with zero attached hydrogens (tertiary/aromatic N) is 4. The number of hydrogen-bond donors (Lipinski definition) is 2. The fourth-order valence-electron chi connectivity index (χ4n) is 3.12. The highest BCUT2D eigenvalue weighted by Crippen LogP contribution is 2.38. The Morgan fingerprint density at radius 1 is 1.32 bits per heavy atom. The van der Waals surface area contributed by atoms with E-state index in [2.05, 4.69) is 35.3 Å². The summed E-state index contributed by atoms with van der Waals surface area (Å²) in [5, 5.41) is 6.37. The first-order valence-electron chi connectivity index (χ1n) is 8.17. The number of fused-ring (bicyclic) bond motifs is 1. The topological polar surface area (TPSA) is 82.0 Å². The number of amides is 1. The second-order valence-corrected chi connectivity index (χ2v) is 6.49. The van der Waals surface area contributed by atoms with E-state index < -0.39 is 0 Å². The van der Waals surface area contributed by atoms with Gasteiger partial charge in [-0.05, 0) is 23.8 Å². The van der Waals surface area contributed by atoms with Gasteiger partial charge in [-0.3, -0.25) is 14.7 Å². The number of rotatable bonds is 4. The SMILES string of the molecule is O=C(CN1CCNCC1c1cccnc1)Nc1cccc2c1N=S=N2. The van der Waals surface area contributed by atoms with Crippen LogP contribution < -0.4 is 10.6 Å². The first kappa shape index (κ1) is 16.1. The van der Waals surface area contributed by atoms with Crippen LogP contribution in [0.2, 0.25) is 0 Å². The lowest BCUT2D eigenvalue weighted by Gasteiger charge is -2.35. The van der Waals surface area contributed by atoms with Crippen LogP contribution in [0.4, 0.5) is 17.1 Å². The summed E-state index contributed by atoms with van der Waals surface area (Å²) >= 11 is 1.15. The number of nitrogens with one attached hydrogen (secondary N) is 2. The summed E-state index contributed by atoms with van der Waals surface area (Å²) in [6, 6.07) is 9.75. The van der Waals surface area contributed by atoms with Crippen molar-refractivity contribution < 1.29 is 4.79 Å². The summed E-state index contributed by atoms with van der Waals surface area (Å²) in [5.74, 6) is -0.0451. The Bertz CT molecular complexity index is 849. The molecule has 0 aliphatic carbocycles. The van der Waals surface area contributed by atoms with Gasteiger partial charge in [0.25, 0.3) is 0 Å². The largest absolute Gasteiger partial charge is 0.323 e. The van der Waals surface area contributed by atoms with Crippen molar-refractivity contribution in [1.29, 1.82) is 0 Å². The van der Waals surface area contributed by atoms with Crippen LogP contribution in [-0.2, 0) is 16.1 Å². The van der Waals surface area contributed by atoms with Crippen molar-refractivity contribution in [3.05, 3.63) is 48.3 Å². The van der Waals surface area contributed by atoms with Crippen LogP contribution in [-0.4, -0.2) is 42.0 Å². The summed E-state index contributed by atoms with van der Waals surface area (Å²) in [4.78, 5) is 19.0. The number of carbonyl (C=O) groups excluding carboxylic acids is 1. The van der Waals surface area contributed by atoms with E-state index >= 15 is 0 Å². The standard InChI is InChI=1S/C17H18N6OS/c24-16(20-13-4-1-5-14-17(13)22-25-21-14)11-23-8-7-19-10-15(23)12-3-2-6-18-9-12/h1-6,9,15,19H,7-8,10-11H2,(H,20,24). The van der Waals surface area contributed by atoms with E-state index in [9.17, 15) is 4.79 Å². The molecule has 0 spiro atoms. The number of aromatic nitrogens is 1. The number of pyridine rings is 1. The Morgan fingerprint density at radius 3 is 3.16 bits per heavy atom. The highest BCUT2D eigenvalue weighted by atomic mass is 32.1. The Labute approximate surface area is 149 Å². The Morgan fingerprint density at radius 2 is 2.28 bits per heavy atom. The molecule has 1 aromatic heterocycles. The van der Waals surface area contributed by atoms with Crippen molar-refractivity contribution in [2.24, 2.45) is 8.73 Å². The third-order valence-corrected chi connectivity index (χ3v) is 4.87. The zero-order valence-electron chi connectivity index (χ0n) is 13.6.